The van der Waals surface area contributed by atoms with E-state index in [9.17, 15) is 9.59 Å². The monoisotopic (exact) mass is 549 g/mol. The Morgan fingerprint density at radius 1 is 1.26 bits per heavy atom. The van der Waals surface area contributed by atoms with E-state index in [0.717, 1.165) is 10.9 Å². The van der Waals surface area contributed by atoms with Crippen LogP contribution >= 0.6 is 31.9 Å². The van der Waals surface area contributed by atoms with E-state index in [1.165, 1.54) is 11.6 Å². The summed E-state index contributed by atoms with van der Waals surface area (Å²) >= 11 is 6.79. The number of ether oxygens (including phenoxy) is 1. The molecule has 0 spiro atoms. The van der Waals surface area contributed by atoms with Gasteiger partial charge in [-0.25, -0.2) is 9.78 Å². The van der Waals surface area contributed by atoms with Crippen molar-refractivity contribution in [1.82, 2.24) is 9.66 Å². The average molecular weight is 551 g/mol. The predicted molar refractivity (Wildman–Crippen MR) is 127 cm³/mol. The number of aromatic nitrogens is 2. The third-order valence-electron chi connectivity index (χ3n) is 4.82. The summed E-state index contributed by atoms with van der Waals surface area (Å²) in [6.45, 7) is 5.49. The molecule has 0 saturated heterocycles. The molecule has 0 aliphatic heterocycles. The first-order valence-corrected chi connectivity index (χ1v) is 11.3. The van der Waals surface area contributed by atoms with Gasteiger partial charge in [0, 0.05) is 10.4 Å². The van der Waals surface area contributed by atoms with Crippen LogP contribution in [0, 0.1) is 0 Å². The zero-order chi connectivity index (χ0) is 22.7. The molecular weight excluding hydrogens is 530 g/mol. The van der Waals surface area contributed by atoms with Gasteiger partial charge in [-0.2, -0.15) is 9.78 Å². The molecule has 3 aromatic rings. The van der Waals surface area contributed by atoms with Crippen LogP contribution in [0.1, 0.15) is 44.5 Å². The van der Waals surface area contributed by atoms with Crippen molar-refractivity contribution in [2.75, 3.05) is 0 Å². The Labute approximate surface area is 196 Å². The first-order chi connectivity index (χ1) is 14.7. The molecule has 162 valence electrons. The van der Waals surface area contributed by atoms with Gasteiger partial charge in [-0.15, -0.1) is 0 Å². The Balaban J connectivity index is 2.02. The van der Waals surface area contributed by atoms with Crippen molar-refractivity contribution < 1.29 is 14.6 Å². The Kier molecular flexibility index (Phi) is 7.27. The highest BCUT2D eigenvalue weighted by atomic mass is 79.9. The summed E-state index contributed by atoms with van der Waals surface area (Å²) in [5.74, 6) is -0.0162. The first-order valence-electron chi connectivity index (χ1n) is 9.66. The number of hydrogen-bond acceptors (Lipinski definition) is 5. The minimum absolute atomic E-state index is 0.0397. The standard InChI is InChI=1S/C22H21Br2N3O4/c1-4-12(2)20-26-18-7-6-15(23)10-16(18)21(28)27(20)25-11-14-5-8-19(17(24)9-14)31-13(3)22(29)30/h5-13H,4H2,1-3H3,(H,29,30)/t12-,13+/m0/s1. The zero-order valence-corrected chi connectivity index (χ0v) is 20.3. The molecule has 3 rings (SSSR count). The van der Waals surface area contributed by atoms with Crippen LogP contribution in [0.25, 0.3) is 10.9 Å². The summed E-state index contributed by atoms with van der Waals surface area (Å²) in [6.07, 6.45) is 1.40. The maximum Gasteiger partial charge on any atom is 0.344 e. The van der Waals surface area contributed by atoms with E-state index in [2.05, 4.69) is 41.9 Å². The van der Waals surface area contributed by atoms with Gasteiger partial charge in [0.2, 0.25) is 0 Å². The fourth-order valence-electron chi connectivity index (χ4n) is 2.84. The molecule has 0 radical (unpaired) electrons. The zero-order valence-electron chi connectivity index (χ0n) is 17.2. The lowest BCUT2D eigenvalue weighted by atomic mass is 10.1. The topological polar surface area (TPSA) is 93.8 Å². The number of aliphatic carboxylic acids is 1. The second-order valence-corrected chi connectivity index (χ2v) is 8.86. The van der Waals surface area contributed by atoms with Gasteiger partial charge >= 0.3 is 5.97 Å². The SMILES string of the molecule is CC[C@H](C)c1nc2ccc(Br)cc2c(=O)n1N=Cc1ccc(O[C@H](C)C(=O)O)c(Br)c1. The molecule has 0 fully saturated rings. The molecule has 31 heavy (non-hydrogen) atoms. The number of halogens is 2. The highest BCUT2D eigenvalue weighted by molar-refractivity contribution is 9.10. The minimum Gasteiger partial charge on any atom is -0.479 e. The van der Waals surface area contributed by atoms with E-state index in [0.29, 0.717) is 32.5 Å². The summed E-state index contributed by atoms with van der Waals surface area (Å²) in [5, 5.41) is 13.9. The number of nitrogens with zero attached hydrogens (tertiary/aromatic N) is 3. The molecule has 0 aliphatic rings. The fourth-order valence-corrected chi connectivity index (χ4v) is 3.69. The van der Waals surface area contributed by atoms with Crippen molar-refractivity contribution in [3.63, 3.8) is 0 Å². The van der Waals surface area contributed by atoms with Gasteiger partial charge in [-0.1, -0.05) is 29.8 Å². The minimum atomic E-state index is -1.05. The Bertz CT molecular complexity index is 1220. The molecular formula is C22H21Br2N3O4. The summed E-state index contributed by atoms with van der Waals surface area (Å²) in [4.78, 5) is 28.8. The second-order valence-electron chi connectivity index (χ2n) is 7.09. The smallest absolute Gasteiger partial charge is 0.344 e. The lowest BCUT2D eigenvalue weighted by molar-refractivity contribution is -0.144. The van der Waals surface area contributed by atoms with Crippen molar-refractivity contribution in [2.24, 2.45) is 5.10 Å². The third-order valence-corrected chi connectivity index (χ3v) is 5.93. The molecule has 0 bridgehead atoms. The van der Waals surface area contributed by atoms with Crippen LogP contribution < -0.4 is 10.3 Å². The van der Waals surface area contributed by atoms with Crippen LogP contribution in [0.5, 0.6) is 5.75 Å². The van der Waals surface area contributed by atoms with E-state index in [-0.39, 0.29) is 11.5 Å². The second kappa shape index (κ2) is 9.74. The Hall–Kier alpha value is -2.52. The molecule has 9 heteroatoms. The summed E-state index contributed by atoms with van der Waals surface area (Å²) < 4.78 is 8.12. The maximum absolute atomic E-state index is 13.2. The lowest BCUT2D eigenvalue weighted by Gasteiger charge is -2.14. The van der Waals surface area contributed by atoms with E-state index in [1.807, 2.05) is 26.0 Å². The number of benzene rings is 2. The van der Waals surface area contributed by atoms with Gasteiger partial charge < -0.3 is 9.84 Å². The first kappa shape index (κ1) is 23.1. The number of rotatable bonds is 7. The van der Waals surface area contributed by atoms with Crippen LogP contribution in [0.2, 0.25) is 0 Å². The average Bonchev–Trinajstić information content (AvgIpc) is 2.74. The number of carbonyl (C=O) groups is 1. The van der Waals surface area contributed by atoms with Gasteiger partial charge in [-0.3, -0.25) is 4.79 Å². The molecule has 1 N–H and O–H groups in total. The largest absolute Gasteiger partial charge is 0.479 e. The molecule has 2 aromatic carbocycles. The van der Waals surface area contributed by atoms with Gasteiger partial charge in [-0.05, 0) is 71.2 Å². The molecule has 2 atom stereocenters. The lowest BCUT2D eigenvalue weighted by Crippen LogP contribution is -2.23. The molecule has 7 nitrogen and oxygen atoms in total. The van der Waals surface area contributed by atoms with Crippen LogP contribution in [0.4, 0.5) is 0 Å². The highest BCUT2D eigenvalue weighted by Crippen LogP contribution is 2.27. The fraction of sp³-hybridized carbons (Fsp3) is 0.273. The van der Waals surface area contributed by atoms with Crippen LogP contribution in [-0.4, -0.2) is 33.1 Å². The van der Waals surface area contributed by atoms with Gasteiger partial charge in [0.25, 0.3) is 5.56 Å². The molecule has 0 aliphatic carbocycles. The summed E-state index contributed by atoms with van der Waals surface area (Å²) in [6, 6.07) is 10.5. The van der Waals surface area contributed by atoms with Crippen LogP contribution in [0.3, 0.4) is 0 Å². The number of carboxylic acids is 1. The van der Waals surface area contributed by atoms with Crippen LogP contribution in [0.15, 0.2) is 55.2 Å². The van der Waals surface area contributed by atoms with Gasteiger partial charge in [0.1, 0.15) is 11.6 Å². The van der Waals surface area contributed by atoms with Gasteiger partial charge in [0.15, 0.2) is 6.10 Å². The normalized spacial score (nSPS) is 13.5. The molecule has 0 amide bonds. The number of fused-ring (bicyclic) bond motifs is 1. The quantitative estimate of drug-likeness (QED) is 0.410. The van der Waals surface area contributed by atoms with Crippen LogP contribution in [-0.2, 0) is 4.79 Å². The summed E-state index contributed by atoms with van der Waals surface area (Å²) in [5.41, 5.74) is 1.09. The van der Waals surface area contributed by atoms with E-state index in [1.54, 1.807) is 30.5 Å². The molecule has 0 unspecified atom stereocenters. The highest BCUT2D eigenvalue weighted by Gasteiger charge is 2.16. The summed E-state index contributed by atoms with van der Waals surface area (Å²) in [7, 11) is 0. The van der Waals surface area contributed by atoms with Crippen molar-refractivity contribution in [2.45, 2.75) is 39.2 Å². The van der Waals surface area contributed by atoms with Gasteiger partial charge in [0.05, 0.1) is 21.6 Å². The third kappa shape index (κ3) is 5.22. The predicted octanol–water partition coefficient (Wildman–Crippen LogP) is 5.17. The molecule has 1 aromatic heterocycles. The Morgan fingerprint density at radius 3 is 2.65 bits per heavy atom. The molecule has 1 heterocycles. The number of hydrogen-bond donors (Lipinski definition) is 1. The van der Waals surface area contributed by atoms with E-state index >= 15 is 0 Å². The van der Waals surface area contributed by atoms with E-state index < -0.39 is 12.1 Å². The maximum atomic E-state index is 13.2. The molecule has 0 saturated carbocycles. The number of carboxylic acid groups (broad SMARTS) is 1. The van der Waals surface area contributed by atoms with Crippen molar-refractivity contribution in [1.29, 1.82) is 0 Å². The Morgan fingerprint density at radius 2 is 2.00 bits per heavy atom. The van der Waals surface area contributed by atoms with Crippen molar-refractivity contribution in [3.05, 3.63) is 67.1 Å². The van der Waals surface area contributed by atoms with Crippen molar-refractivity contribution >= 4 is 54.9 Å². The van der Waals surface area contributed by atoms with E-state index in [4.69, 9.17) is 9.84 Å². The van der Waals surface area contributed by atoms with Crippen molar-refractivity contribution in [3.8, 4) is 5.75 Å².